The number of carbonyl (C=O) groups is 1. The average Bonchev–Trinajstić information content (AvgIpc) is 2.74. The minimum Gasteiger partial charge on any atom is -0.369 e. The summed E-state index contributed by atoms with van der Waals surface area (Å²) in [4.78, 5) is 17.2. The van der Waals surface area contributed by atoms with Crippen molar-refractivity contribution < 1.29 is 13.2 Å². The quantitative estimate of drug-likeness (QED) is 0.646. The molecular formula is C25H36N4O3S. The molecule has 7 nitrogen and oxygen atoms in total. The highest BCUT2D eigenvalue weighted by Gasteiger charge is 2.18. The van der Waals surface area contributed by atoms with Gasteiger partial charge in [0.15, 0.2) is 0 Å². The van der Waals surface area contributed by atoms with Gasteiger partial charge in [-0.1, -0.05) is 32.9 Å². The first-order valence-electron chi connectivity index (χ1n) is 11.4. The van der Waals surface area contributed by atoms with Gasteiger partial charge in [-0.05, 0) is 60.8 Å². The van der Waals surface area contributed by atoms with Gasteiger partial charge in [-0.3, -0.25) is 4.79 Å². The van der Waals surface area contributed by atoms with E-state index in [-0.39, 0.29) is 29.2 Å². The van der Waals surface area contributed by atoms with Crippen LogP contribution in [0.15, 0.2) is 47.4 Å². The maximum Gasteiger partial charge on any atom is 0.240 e. The lowest BCUT2D eigenvalue weighted by atomic mass is 9.87. The van der Waals surface area contributed by atoms with Crippen molar-refractivity contribution in [2.45, 2.75) is 44.4 Å². The van der Waals surface area contributed by atoms with E-state index in [1.54, 1.807) is 12.1 Å². The lowest BCUT2D eigenvalue weighted by Crippen LogP contribution is -2.44. The molecule has 1 aliphatic heterocycles. The van der Waals surface area contributed by atoms with E-state index in [0.717, 1.165) is 43.0 Å². The molecule has 1 heterocycles. The molecule has 0 radical (unpaired) electrons. The number of aryl methyl sites for hydroxylation is 1. The molecule has 2 N–H and O–H groups in total. The fourth-order valence-electron chi connectivity index (χ4n) is 3.88. The summed E-state index contributed by atoms with van der Waals surface area (Å²) < 4.78 is 27.6. The van der Waals surface area contributed by atoms with Gasteiger partial charge in [0.1, 0.15) is 0 Å². The molecule has 0 spiro atoms. The van der Waals surface area contributed by atoms with Crippen molar-refractivity contribution in [1.29, 1.82) is 0 Å². The fraction of sp³-hybridized carbons (Fsp3) is 0.480. The highest BCUT2D eigenvalue weighted by molar-refractivity contribution is 7.89. The molecule has 0 aromatic heterocycles. The topological polar surface area (TPSA) is 81.8 Å². The minimum absolute atomic E-state index is 0.0353. The van der Waals surface area contributed by atoms with Crippen molar-refractivity contribution in [2.75, 3.05) is 50.0 Å². The summed E-state index contributed by atoms with van der Waals surface area (Å²) in [7, 11) is -1.53. The van der Waals surface area contributed by atoms with Crippen LogP contribution in [0.4, 0.5) is 11.4 Å². The van der Waals surface area contributed by atoms with E-state index in [1.165, 1.54) is 5.69 Å². The van der Waals surface area contributed by atoms with E-state index >= 15 is 0 Å². The number of nitrogens with one attached hydrogen (secondary N) is 2. The van der Waals surface area contributed by atoms with Gasteiger partial charge < -0.3 is 15.1 Å². The molecule has 180 valence electrons. The molecule has 1 fully saturated rings. The number of likely N-dealkylation sites (N-methyl/N-ethyl adjacent to an activating group) is 1. The van der Waals surface area contributed by atoms with Gasteiger partial charge >= 0.3 is 0 Å². The zero-order valence-electron chi connectivity index (χ0n) is 20.3. The summed E-state index contributed by atoms with van der Waals surface area (Å²) in [6.07, 6.45) is 0.0541. The zero-order chi connectivity index (χ0) is 24.2. The largest absolute Gasteiger partial charge is 0.369 e. The number of sulfonamides is 1. The Morgan fingerprint density at radius 3 is 2.21 bits per heavy atom. The van der Waals surface area contributed by atoms with Crippen LogP contribution in [0.5, 0.6) is 0 Å². The molecule has 2 aromatic rings. The number of hydrogen-bond acceptors (Lipinski definition) is 5. The number of hydrogen-bond donors (Lipinski definition) is 2. The zero-order valence-corrected chi connectivity index (χ0v) is 21.1. The van der Waals surface area contributed by atoms with Gasteiger partial charge in [0.2, 0.25) is 15.9 Å². The number of carbonyl (C=O) groups excluding carboxylic acids is 1. The maximum atomic E-state index is 12.5. The molecule has 0 unspecified atom stereocenters. The molecule has 2 aromatic carbocycles. The van der Waals surface area contributed by atoms with Crippen LogP contribution < -0.4 is 14.9 Å². The minimum atomic E-state index is -3.66. The summed E-state index contributed by atoms with van der Waals surface area (Å²) in [5.41, 5.74) is 4.03. The molecule has 1 amide bonds. The monoisotopic (exact) mass is 472 g/mol. The third kappa shape index (κ3) is 6.79. The van der Waals surface area contributed by atoms with Gasteiger partial charge in [0, 0.05) is 50.5 Å². The molecular weight excluding hydrogens is 436 g/mol. The van der Waals surface area contributed by atoms with E-state index in [1.807, 2.05) is 37.3 Å². The highest BCUT2D eigenvalue weighted by atomic mass is 32.2. The summed E-state index contributed by atoms with van der Waals surface area (Å²) >= 11 is 0. The van der Waals surface area contributed by atoms with Gasteiger partial charge in [0.25, 0.3) is 0 Å². The molecule has 3 rings (SSSR count). The van der Waals surface area contributed by atoms with Gasteiger partial charge in [0.05, 0.1) is 4.90 Å². The van der Waals surface area contributed by atoms with E-state index in [2.05, 4.69) is 47.7 Å². The third-order valence-electron chi connectivity index (χ3n) is 6.00. The smallest absolute Gasteiger partial charge is 0.240 e. The van der Waals surface area contributed by atoms with E-state index in [9.17, 15) is 13.2 Å². The van der Waals surface area contributed by atoms with Crippen LogP contribution in [0.1, 0.15) is 38.3 Å². The van der Waals surface area contributed by atoms with Crippen molar-refractivity contribution in [2.24, 2.45) is 0 Å². The summed E-state index contributed by atoms with van der Waals surface area (Å²) in [5, 5.41) is 2.87. The van der Waals surface area contributed by atoms with Crippen molar-refractivity contribution in [3.63, 3.8) is 0 Å². The Morgan fingerprint density at radius 1 is 1.00 bits per heavy atom. The predicted molar refractivity (Wildman–Crippen MR) is 134 cm³/mol. The standard InChI is InChI=1S/C25H36N4O3S/c1-19-18-21(8-11-23(19)29-16-14-28(5)15-17-29)27-24(30)12-13-26-33(31,32)22-9-6-20(7-10-22)25(2,3)4/h6-11,18,26H,12-17H2,1-5H3,(H,27,30). The average molecular weight is 473 g/mol. The fourth-order valence-corrected chi connectivity index (χ4v) is 4.91. The van der Waals surface area contributed by atoms with Crippen molar-refractivity contribution in [3.8, 4) is 0 Å². The Morgan fingerprint density at radius 2 is 1.64 bits per heavy atom. The summed E-state index contributed by atoms with van der Waals surface area (Å²) in [6.45, 7) is 12.4. The van der Waals surface area contributed by atoms with Crippen molar-refractivity contribution in [1.82, 2.24) is 9.62 Å². The Kier molecular flexibility index (Phi) is 7.82. The Bertz CT molecular complexity index is 1070. The van der Waals surface area contributed by atoms with Crippen LogP contribution in [0.2, 0.25) is 0 Å². The summed E-state index contributed by atoms with van der Waals surface area (Å²) in [6, 6.07) is 12.8. The first kappa shape index (κ1) is 25.2. The van der Waals surface area contributed by atoms with E-state index in [4.69, 9.17) is 0 Å². The predicted octanol–water partition coefficient (Wildman–Crippen LogP) is 3.35. The second-order valence-electron chi connectivity index (χ2n) is 9.76. The number of amides is 1. The Labute approximate surface area is 198 Å². The molecule has 0 aliphatic carbocycles. The Hall–Kier alpha value is -2.42. The molecule has 1 saturated heterocycles. The van der Waals surface area contributed by atoms with Crippen LogP contribution in [0, 0.1) is 6.92 Å². The first-order valence-corrected chi connectivity index (χ1v) is 12.9. The highest BCUT2D eigenvalue weighted by Crippen LogP contribution is 2.25. The van der Waals surface area contributed by atoms with E-state index in [0.29, 0.717) is 0 Å². The Balaban J connectivity index is 1.51. The summed E-state index contributed by atoms with van der Waals surface area (Å²) in [5.74, 6) is -0.229. The van der Waals surface area contributed by atoms with Gasteiger partial charge in [-0.2, -0.15) is 0 Å². The van der Waals surface area contributed by atoms with Crippen LogP contribution in [-0.4, -0.2) is 59.0 Å². The number of rotatable bonds is 7. The molecule has 0 saturated carbocycles. The number of nitrogens with zero attached hydrogens (tertiary/aromatic N) is 2. The molecule has 0 bridgehead atoms. The van der Waals surface area contributed by atoms with E-state index < -0.39 is 10.0 Å². The normalized spacial score (nSPS) is 15.5. The second kappa shape index (κ2) is 10.2. The lowest BCUT2D eigenvalue weighted by molar-refractivity contribution is -0.116. The molecule has 33 heavy (non-hydrogen) atoms. The van der Waals surface area contributed by atoms with Crippen molar-refractivity contribution >= 4 is 27.3 Å². The van der Waals surface area contributed by atoms with Gasteiger partial charge in [-0.15, -0.1) is 0 Å². The number of piperazine rings is 1. The van der Waals surface area contributed by atoms with Crippen LogP contribution >= 0.6 is 0 Å². The number of anilines is 2. The molecule has 0 atom stereocenters. The van der Waals surface area contributed by atoms with Crippen LogP contribution in [0.3, 0.4) is 0 Å². The molecule has 8 heteroatoms. The SMILES string of the molecule is Cc1cc(NC(=O)CCNS(=O)(=O)c2ccc(C(C)(C)C)cc2)ccc1N1CCN(C)CC1. The first-order chi connectivity index (χ1) is 15.5. The maximum absolute atomic E-state index is 12.5. The van der Waals surface area contributed by atoms with Crippen LogP contribution in [0.25, 0.3) is 0 Å². The van der Waals surface area contributed by atoms with Crippen molar-refractivity contribution in [3.05, 3.63) is 53.6 Å². The van der Waals surface area contributed by atoms with Gasteiger partial charge in [-0.25, -0.2) is 13.1 Å². The second-order valence-corrected chi connectivity index (χ2v) is 11.5. The lowest BCUT2D eigenvalue weighted by Gasteiger charge is -2.35. The number of benzene rings is 2. The van der Waals surface area contributed by atoms with Crippen LogP contribution in [-0.2, 0) is 20.2 Å². The third-order valence-corrected chi connectivity index (χ3v) is 7.48. The molecule has 1 aliphatic rings.